The summed E-state index contributed by atoms with van der Waals surface area (Å²) in [4.78, 5) is 32.8. The van der Waals surface area contributed by atoms with Crippen LogP contribution >= 0.6 is 11.3 Å². The number of para-hydroxylation sites is 2. The molecule has 0 bridgehead atoms. The number of carbonyl (C=O) groups excluding carboxylic acids is 2. The minimum atomic E-state index is -0.0765. The summed E-state index contributed by atoms with van der Waals surface area (Å²) in [6.07, 6.45) is 4.06. The average Bonchev–Trinajstić information content (AvgIpc) is 3.26. The van der Waals surface area contributed by atoms with Gasteiger partial charge >= 0.3 is 0 Å². The highest BCUT2D eigenvalue weighted by atomic mass is 32.1. The topological polar surface area (TPSA) is 83.6 Å². The number of aryl methyl sites for hydroxylation is 1. The van der Waals surface area contributed by atoms with E-state index in [2.05, 4.69) is 51.7 Å². The molecule has 2 aromatic carbocycles. The van der Waals surface area contributed by atoms with E-state index in [1.54, 1.807) is 7.11 Å². The number of nitrogens with one attached hydrogen (secondary N) is 2. The van der Waals surface area contributed by atoms with Gasteiger partial charge in [-0.05, 0) is 50.6 Å². The molecule has 34 heavy (non-hydrogen) atoms. The summed E-state index contributed by atoms with van der Waals surface area (Å²) in [5, 5.41) is 6.52. The second kappa shape index (κ2) is 11.3. The standard InChI is InChI=1S/C26H30N4O3S/c1-18-6-5-7-19(14-18)15-21-16-27-26(34-21)29-24(31)17-30-12-10-20(11-13-30)25(32)28-22-8-3-4-9-23(22)33-2/h3-9,14,16,20H,10-13,15,17H2,1-2H3,(H,28,32)(H,27,29,31). The van der Waals surface area contributed by atoms with Crippen LogP contribution < -0.4 is 15.4 Å². The van der Waals surface area contributed by atoms with Gasteiger partial charge < -0.3 is 15.4 Å². The summed E-state index contributed by atoms with van der Waals surface area (Å²) in [6.45, 7) is 3.78. The monoisotopic (exact) mass is 478 g/mol. The summed E-state index contributed by atoms with van der Waals surface area (Å²) in [6, 6.07) is 15.8. The number of carbonyl (C=O) groups is 2. The molecule has 1 aliphatic rings. The number of amides is 2. The third-order valence-corrected chi connectivity index (χ3v) is 6.86. The van der Waals surface area contributed by atoms with Crippen molar-refractivity contribution in [2.45, 2.75) is 26.2 Å². The Labute approximate surface area is 204 Å². The van der Waals surface area contributed by atoms with Gasteiger partial charge in [-0.15, -0.1) is 11.3 Å². The molecule has 7 nitrogen and oxygen atoms in total. The van der Waals surface area contributed by atoms with E-state index in [0.717, 1.165) is 11.3 Å². The lowest BCUT2D eigenvalue weighted by Crippen LogP contribution is -2.41. The van der Waals surface area contributed by atoms with Gasteiger partial charge in [-0.25, -0.2) is 4.98 Å². The number of methoxy groups -OCH3 is 1. The zero-order valence-corrected chi connectivity index (χ0v) is 20.4. The van der Waals surface area contributed by atoms with Gasteiger partial charge in [0.15, 0.2) is 5.13 Å². The molecule has 0 unspecified atom stereocenters. The van der Waals surface area contributed by atoms with Crippen molar-refractivity contribution in [2.75, 3.05) is 37.4 Å². The van der Waals surface area contributed by atoms with Crippen LogP contribution in [0.15, 0.2) is 54.7 Å². The van der Waals surface area contributed by atoms with Gasteiger partial charge in [0.2, 0.25) is 11.8 Å². The molecule has 0 radical (unpaired) electrons. The number of rotatable bonds is 8. The van der Waals surface area contributed by atoms with E-state index in [4.69, 9.17) is 4.74 Å². The van der Waals surface area contributed by atoms with Crippen molar-refractivity contribution in [3.8, 4) is 5.75 Å². The van der Waals surface area contributed by atoms with Gasteiger partial charge in [0, 0.05) is 23.4 Å². The fraction of sp³-hybridized carbons (Fsp3) is 0.346. The molecule has 3 aromatic rings. The minimum absolute atomic E-state index is 0.00229. The Kier molecular flexibility index (Phi) is 7.92. The van der Waals surface area contributed by atoms with E-state index in [-0.39, 0.29) is 17.7 Å². The Morgan fingerprint density at radius 2 is 1.91 bits per heavy atom. The molecule has 4 rings (SSSR count). The first-order valence-corrected chi connectivity index (χ1v) is 12.3. The zero-order valence-electron chi connectivity index (χ0n) is 19.5. The van der Waals surface area contributed by atoms with Crippen LogP contribution in [0.4, 0.5) is 10.8 Å². The number of nitrogens with zero attached hydrogens (tertiary/aromatic N) is 2. The normalized spacial score (nSPS) is 14.5. The highest BCUT2D eigenvalue weighted by molar-refractivity contribution is 7.15. The summed E-state index contributed by atoms with van der Waals surface area (Å²) >= 11 is 1.51. The number of benzene rings is 2. The van der Waals surface area contributed by atoms with Crippen molar-refractivity contribution >= 4 is 34.0 Å². The number of thiazole rings is 1. The van der Waals surface area contributed by atoms with Gasteiger partial charge in [-0.2, -0.15) is 0 Å². The smallest absolute Gasteiger partial charge is 0.240 e. The molecule has 8 heteroatoms. The number of likely N-dealkylation sites (tertiary alicyclic amines) is 1. The maximum atomic E-state index is 12.7. The summed E-state index contributed by atoms with van der Waals surface area (Å²) in [5.41, 5.74) is 3.15. The number of aromatic nitrogens is 1. The molecular formula is C26H30N4O3S. The molecule has 0 saturated carbocycles. The van der Waals surface area contributed by atoms with E-state index in [9.17, 15) is 9.59 Å². The summed E-state index contributed by atoms with van der Waals surface area (Å²) in [5.74, 6) is 0.493. The van der Waals surface area contributed by atoms with E-state index >= 15 is 0 Å². The second-order valence-corrected chi connectivity index (χ2v) is 9.70. The molecule has 1 fully saturated rings. The number of hydrogen-bond donors (Lipinski definition) is 2. The maximum Gasteiger partial charge on any atom is 0.240 e. The number of ether oxygens (including phenoxy) is 1. The number of anilines is 2. The summed E-state index contributed by atoms with van der Waals surface area (Å²) < 4.78 is 5.31. The van der Waals surface area contributed by atoms with Crippen molar-refractivity contribution in [2.24, 2.45) is 5.92 Å². The molecule has 0 atom stereocenters. The van der Waals surface area contributed by atoms with Crippen molar-refractivity contribution in [1.82, 2.24) is 9.88 Å². The number of hydrogen-bond acceptors (Lipinski definition) is 6. The molecule has 1 aliphatic heterocycles. The first-order valence-electron chi connectivity index (χ1n) is 11.5. The predicted octanol–water partition coefficient (Wildman–Crippen LogP) is 4.34. The van der Waals surface area contributed by atoms with Gasteiger partial charge in [-0.1, -0.05) is 42.0 Å². The highest BCUT2D eigenvalue weighted by Gasteiger charge is 2.26. The van der Waals surface area contributed by atoms with Gasteiger partial charge in [0.25, 0.3) is 0 Å². The Hall–Kier alpha value is -3.23. The van der Waals surface area contributed by atoms with Crippen molar-refractivity contribution < 1.29 is 14.3 Å². The van der Waals surface area contributed by atoms with Crippen LogP contribution in [0.2, 0.25) is 0 Å². The van der Waals surface area contributed by atoms with E-state index in [1.807, 2.05) is 30.5 Å². The van der Waals surface area contributed by atoms with Crippen LogP contribution in [0.25, 0.3) is 0 Å². The predicted molar refractivity (Wildman–Crippen MR) is 136 cm³/mol. The first-order chi connectivity index (χ1) is 16.5. The van der Waals surface area contributed by atoms with Crippen molar-refractivity contribution in [1.29, 1.82) is 0 Å². The fourth-order valence-corrected chi connectivity index (χ4v) is 5.03. The number of piperidine rings is 1. The minimum Gasteiger partial charge on any atom is -0.495 e. The lowest BCUT2D eigenvalue weighted by atomic mass is 9.95. The Morgan fingerprint density at radius 3 is 2.68 bits per heavy atom. The SMILES string of the molecule is COc1ccccc1NC(=O)C1CCN(CC(=O)Nc2ncc(Cc3cccc(C)c3)s2)CC1. The largest absolute Gasteiger partial charge is 0.495 e. The summed E-state index contributed by atoms with van der Waals surface area (Å²) in [7, 11) is 1.59. The third kappa shape index (κ3) is 6.42. The molecule has 2 heterocycles. The van der Waals surface area contributed by atoms with Crippen LogP contribution in [0, 0.1) is 12.8 Å². The molecule has 178 valence electrons. The molecule has 1 saturated heterocycles. The van der Waals surface area contributed by atoms with E-state index in [1.165, 1.54) is 22.5 Å². The average molecular weight is 479 g/mol. The molecule has 0 spiro atoms. The molecular weight excluding hydrogens is 448 g/mol. The third-order valence-electron chi connectivity index (χ3n) is 5.95. The van der Waals surface area contributed by atoms with E-state index in [0.29, 0.717) is 49.0 Å². The van der Waals surface area contributed by atoms with Crippen molar-refractivity contribution in [3.05, 3.63) is 70.7 Å². The van der Waals surface area contributed by atoms with Crippen molar-refractivity contribution in [3.63, 3.8) is 0 Å². The maximum absolute atomic E-state index is 12.7. The van der Waals surface area contributed by atoms with E-state index < -0.39 is 0 Å². The van der Waals surface area contributed by atoms with Crippen LogP contribution in [-0.2, 0) is 16.0 Å². The zero-order chi connectivity index (χ0) is 23.9. The van der Waals surface area contributed by atoms with Crippen LogP contribution in [0.1, 0.15) is 28.8 Å². The van der Waals surface area contributed by atoms with Crippen LogP contribution in [0.5, 0.6) is 5.75 Å². The van der Waals surface area contributed by atoms with Crippen LogP contribution in [0.3, 0.4) is 0 Å². The lowest BCUT2D eigenvalue weighted by Gasteiger charge is -2.30. The van der Waals surface area contributed by atoms with Gasteiger partial charge in [0.05, 0.1) is 19.3 Å². The molecule has 1 aromatic heterocycles. The molecule has 2 amide bonds. The van der Waals surface area contributed by atoms with Gasteiger partial charge in [0.1, 0.15) is 5.75 Å². The quantitative estimate of drug-likeness (QED) is 0.503. The first kappa shape index (κ1) is 23.9. The second-order valence-electron chi connectivity index (χ2n) is 8.59. The van der Waals surface area contributed by atoms with Crippen LogP contribution in [-0.4, -0.2) is 48.4 Å². The Bertz CT molecular complexity index is 1140. The highest BCUT2D eigenvalue weighted by Crippen LogP contribution is 2.26. The molecule has 0 aliphatic carbocycles. The Balaban J connectivity index is 1.22. The molecule has 2 N–H and O–H groups in total. The van der Waals surface area contributed by atoms with Gasteiger partial charge in [-0.3, -0.25) is 14.5 Å². The lowest BCUT2D eigenvalue weighted by molar-refractivity contribution is -0.121. The fourth-order valence-electron chi connectivity index (χ4n) is 4.17. The Morgan fingerprint density at radius 1 is 1.12 bits per heavy atom.